The minimum Gasteiger partial charge on any atom is -0.493 e. The normalized spacial score (nSPS) is 12.4. The van der Waals surface area contributed by atoms with E-state index in [0.717, 1.165) is 5.75 Å². The summed E-state index contributed by atoms with van der Waals surface area (Å²) in [6.07, 6.45) is 0. The lowest BCUT2D eigenvalue weighted by atomic mass is 10.1. The smallest absolute Gasteiger partial charge is 0.251 e. The molecule has 2 aromatic rings. The minimum absolute atomic E-state index is 0.0756. The van der Waals surface area contributed by atoms with Crippen LogP contribution < -0.4 is 10.1 Å². The van der Waals surface area contributed by atoms with Gasteiger partial charge in [-0.1, -0.05) is 26.0 Å². The van der Waals surface area contributed by atoms with Crippen molar-refractivity contribution in [2.75, 3.05) is 27.2 Å². The second-order valence-corrected chi connectivity index (χ2v) is 7.42. The highest BCUT2D eigenvalue weighted by Crippen LogP contribution is 2.22. The number of nitrogens with zero attached hydrogens (tertiary/aromatic N) is 1. The van der Waals surface area contributed by atoms with Crippen LogP contribution in [0.3, 0.4) is 0 Å². The third-order valence-corrected chi connectivity index (χ3v) is 4.60. The predicted molar refractivity (Wildman–Crippen MR) is 99.9 cm³/mol. The summed E-state index contributed by atoms with van der Waals surface area (Å²) in [4.78, 5) is 15.8. The van der Waals surface area contributed by atoms with Crippen molar-refractivity contribution >= 4 is 17.2 Å². The molecule has 1 aromatic carbocycles. The van der Waals surface area contributed by atoms with Crippen molar-refractivity contribution in [3.05, 3.63) is 52.2 Å². The fourth-order valence-corrected chi connectivity index (χ4v) is 3.22. The molecule has 0 spiro atoms. The number of benzene rings is 1. The highest BCUT2D eigenvalue weighted by Gasteiger charge is 2.17. The van der Waals surface area contributed by atoms with Crippen molar-refractivity contribution in [2.24, 2.45) is 5.92 Å². The van der Waals surface area contributed by atoms with E-state index in [1.165, 1.54) is 4.88 Å². The first-order valence-corrected chi connectivity index (χ1v) is 9.06. The summed E-state index contributed by atoms with van der Waals surface area (Å²) in [5, 5.41) is 5.09. The maximum Gasteiger partial charge on any atom is 0.251 e. The lowest BCUT2D eigenvalue weighted by Gasteiger charge is -2.23. The molecule has 1 N–H and O–H groups in total. The number of nitrogens with one attached hydrogen (secondary N) is 1. The standard InChI is InChI=1S/C19H26N2O2S/c1-14(2)13-23-16-8-5-7-15(11-16)19(22)20-12-17(21(3)4)18-9-6-10-24-18/h5-11,14,17H,12-13H2,1-4H3,(H,20,22). The van der Waals surface area contributed by atoms with Gasteiger partial charge in [-0.2, -0.15) is 0 Å². The quantitative estimate of drug-likeness (QED) is 0.790. The fourth-order valence-electron chi connectivity index (χ4n) is 2.30. The second-order valence-electron chi connectivity index (χ2n) is 6.44. The molecular formula is C19H26N2O2S. The average molecular weight is 346 g/mol. The van der Waals surface area contributed by atoms with E-state index in [1.54, 1.807) is 17.4 Å². The van der Waals surface area contributed by atoms with Crippen molar-refractivity contribution < 1.29 is 9.53 Å². The van der Waals surface area contributed by atoms with Gasteiger partial charge in [0.1, 0.15) is 5.75 Å². The van der Waals surface area contributed by atoms with Gasteiger partial charge >= 0.3 is 0 Å². The van der Waals surface area contributed by atoms with Crippen LogP contribution >= 0.6 is 11.3 Å². The fraction of sp³-hybridized carbons (Fsp3) is 0.421. The number of likely N-dealkylation sites (N-methyl/N-ethyl adjacent to an activating group) is 1. The van der Waals surface area contributed by atoms with Crippen molar-refractivity contribution in [2.45, 2.75) is 19.9 Å². The summed E-state index contributed by atoms with van der Waals surface area (Å²) in [5.74, 6) is 1.11. The van der Waals surface area contributed by atoms with Crippen molar-refractivity contribution in [3.63, 3.8) is 0 Å². The zero-order valence-electron chi connectivity index (χ0n) is 14.8. The Labute approximate surface area is 148 Å². The number of rotatable bonds is 8. The Morgan fingerprint density at radius 3 is 2.67 bits per heavy atom. The third kappa shape index (κ3) is 5.35. The molecule has 0 saturated carbocycles. The second kappa shape index (κ2) is 8.85. The van der Waals surface area contributed by atoms with Gasteiger partial charge in [-0.25, -0.2) is 0 Å². The molecule has 0 aliphatic carbocycles. The Morgan fingerprint density at radius 1 is 1.25 bits per heavy atom. The van der Waals surface area contributed by atoms with Crippen LogP contribution in [0.25, 0.3) is 0 Å². The van der Waals surface area contributed by atoms with Crippen molar-refractivity contribution in [1.82, 2.24) is 10.2 Å². The molecule has 2 rings (SSSR count). The molecule has 0 bridgehead atoms. The van der Waals surface area contributed by atoms with Gasteiger partial charge in [-0.3, -0.25) is 4.79 Å². The van der Waals surface area contributed by atoms with Gasteiger partial charge in [0.05, 0.1) is 12.6 Å². The van der Waals surface area contributed by atoms with Crippen LogP contribution in [0.5, 0.6) is 5.75 Å². The van der Waals surface area contributed by atoms with Gasteiger partial charge in [-0.05, 0) is 49.7 Å². The molecule has 0 fully saturated rings. The molecule has 130 valence electrons. The maximum absolute atomic E-state index is 12.4. The van der Waals surface area contributed by atoms with E-state index in [9.17, 15) is 4.79 Å². The van der Waals surface area contributed by atoms with Gasteiger partial charge in [0.15, 0.2) is 0 Å². The van der Waals surface area contributed by atoms with E-state index in [2.05, 4.69) is 35.5 Å². The van der Waals surface area contributed by atoms with Crippen LogP contribution in [0, 0.1) is 5.92 Å². The van der Waals surface area contributed by atoms with Crippen molar-refractivity contribution in [1.29, 1.82) is 0 Å². The molecule has 1 amide bonds. The number of ether oxygens (including phenoxy) is 1. The summed E-state index contributed by atoms with van der Waals surface area (Å²) >= 11 is 1.71. The molecule has 1 heterocycles. The summed E-state index contributed by atoms with van der Waals surface area (Å²) in [5.41, 5.74) is 0.625. The molecule has 1 atom stereocenters. The summed E-state index contributed by atoms with van der Waals surface area (Å²) in [6, 6.07) is 11.7. The van der Waals surface area contributed by atoms with Crippen LogP contribution in [-0.2, 0) is 0 Å². The predicted octanol–water partition coefficient (Wildman–Crippen LogP) is 3.82. The van der Waals surface area contributed by atoms with E-state index in [4.69, 9.17) is 4.74 Å². The third-order valence-electron chi connectivity index (χ3n) is 3.63. The number of amides is 1. The highest BCUT2D eigenvalue weighted by atomic mass is 32.1. The SMILES string of the molecule is CC(C)COc1cccc(C(=O)NCC(c2cccs2)N(C)C)c1. The van der Waals surface area contributed by atoms with Gasteiger partial charge < -0.3 is 15.0 Å². The number of thiophene rings is 1. The lowest BCUT2D eigenvalue weighted by Crippen LogP contribution is -2.34. The Kier molecular flexibility index (Phi) is 6.82. The topological polar surface area (TPSA) is 41.6 Å². The van der Waals surface area contributed by atoms with Crippen LogP contribution in [0.4, 0.5) is 0 Å². The molecule has 24 heavy (non-hydrogen) atoms. The Morgan fingerprint density at radius 2 is 2.04 bits per heavy atom. The van der Waals surface area contributed by atoms with Crippen LogP contribution in [-0.4, -0.2) is 38.1 Å². The summed E-state index contributed by atoms with van der Waals surface area (Å²) < 4.78 is 5.69. The lowest BCUT2D eigenvalue weighted by molar-refractivity contribution is 0.0941. The first-order valence-electron chi connectivity index (χ1n) is 8.18. The zero-order chi connectivity index (χ0) is 17.5. The molecule has 5 heteroatoms. The maximum atomic E-state index is 12.4. The Balaban J connectivity index is 1.97. The zero-order valence-corrected chi connectivity index (χ0v) is 15.6. The molecule has 0 aliphatic heterocycles. The highest BCUT2D eigenvalue weighted by molar-refractivity contribution is 7.10. The van der Waals surface area contributed by atoms with Gasteiger partial charge in [0, 0.05) is 17.0 Å². The molecule has 0 saturated heterocycles. The van der Waals surface area contributed by atoms with Gasteiger partial charge in [-0.15, -0.1) is 11.3 Å². The summed E-state index contributed by atoms with van der Waals surface area (Å²) in [7, 11) is 4.05. The first kappa shape index (κ1) is 18.5. The number of carbonyl (C=O) groups is 1. The molecule has 1 aromatic heterocycles. The van der Waals surface area contributed by atoms with Gasteiger partial charge in [0.25, 0.3) is 5.91 Å². The number of carbonyl (C=O) groups excluding carboxylic acids is 1. The first-order chi connectivity index (χ1) is 11.5. The van der Waals surface area contributed by atoms with E-state index >= 15 is 0 Å². The Bertz CT molecular complexity index is 639. The van der Waals surface area contributed by atoms with E-state index in [0.29, 0.717) is 24.6 Å². The number of hydrogen-bond donors (Lipinski definition) is 1. The Hall–Kier alpha value is -1.85. The molecule has 1 unspecified atom stereocenters. The number of hydrogen-bond acceptors (Lipinski definition) is 4. The molecule has 0 radical (unpaired) electrons. The van der Waals surface area contributed by atoms with E-state index in [1.807, 2.05) is 38.4 Å². The molecule has 0 aliphatic rings. The minimum atomic E-state index is -0.0756. The average Bonchev–Trinajstić information content (AvgIpc) is 3.07. The van der Waals surface area contributed by atoms with Crippen LogP contribution in [0.1, 0.15) is 35.1 Å². The molecule has 4 nitrogen and oxygen atoms in total. The largest absolute Gasteiger partial charge is 0.493 e. The monoisotopic (exact) mass is 346 g/mol. The van der Waals surface area contributed by atoms with Crippen LogP contribution in [0.2, 0.25) is 0 Å². The summed E-state index contributed by atoms with van der Waals surface area (Å²) in [6.45, 7) is 5.42. The van der Waals surface area contributed by atoms with Gasteiger partial charge in [0.2, 0.25) is 0 Å². The van der Waals surface area contributed by atoms with Crippen LogP contribution in [0.15, 0.2) is 41.8 Å². The molecular weight excluding hydrogens is 320 g/mol. The van der Waals surface area contributed by atoms with E-state index in [-0.39, 0.29) is 11.9 Å². The van der Waals surface area contributed by atoms with E-state index < -0.39 is 0 Å². The van der Waals surface area contributed by atoms with Crippen molar-refractivity contribution in [3.8, 4) is 5.75 Å².